The quantitative estimate of drug-likeness (QED) is 0.391. The van der Waals surface area contributed by atoms with Crippen molar-refractivity contribution in [1.82, 2.24) is 0 Å². The highest BCUT2D eigenvalue weighted by molar-refractivity contribution is 9.06. The number of hydrogen-bond donors (Lipinski definition) is 2. The van der Waals surface area contributed by atoms with E-state index in [2.05, 4.69) is 53.8 Å². The van der Waals surface area contributed by atoms with Gasteiger partial charge in [0.15, 0.2) is 0 Å². The third kappa shape index (κ3) is 8.35. The van der Waals surface area contributed by atoms with Gasteiger partial charge in [-0.25, -0.2) is 0 Å². The Hall–Kier alpha value is 1.75. The normalized spacial score (nSPS) is 11.0. The number of thiol groups is 2. The highest BCUT2D eigenvalue weighted by Crippen LogP contribution is 2.30. The molecule has 74 valence electrons. The van der Waals surface area contributed by atoms with E-state index in [1.54, 1.807) is 0 Å². The highest BCUT2D eigenvalue weighted by Gasteiger charge is 2.19. The Morgan fingerprint density at radius 1 is 1.08 bits per heavy atom. The monoisotopic (exact) mass is 261 g/mol. The van der Waals surface area contributed by atoms with E-state index in [0.29, 0.717) is 8.96 Å². The summed E-state index contributed by atoms with van der Waals surface area (Å²) in [5.74, 6) is 5.72. The maximum Gasteiger partial charge on any atom is 0.132 e. The molecule has 0 saturated carbocycles. The third-order valence-electron chi connectivity index (χ3n) is 0.983. The van der Waals surface area contributed by atoms with Crippen LogP contribution in [0.5, 0.6) is 0 Å². The Bertz CT molecular complexity index is 79.9. The topological polar surface area (TPSA) is 0 Å². The van der Waals surface area contributed by atoms with Crippen LogP contribution in [-0.2, 0) is 8.96 Å². The standard InChI is InChI=1S/C7H16S5/c1-2-7-12(10-5-3-8)11-6-4-9/h2-7H2,1H3,(H-,8,9)/p+1. The lowest BCUT2D eigenvalue weighted by molar-refractivity contribution is 1.11. The van der Waals surface area contributed by atoms with Gasteiger partial charge in [-0.15, -0.1) is 0 Å². The molecule has 0 aromatic rings. The minimum atomic E-state index is 0.511. The molecule has 0 unspecified atom stereocenters. The molecule has 0 atom stereocenters. The summed E-state index contributed by atoms with van der Waals surface area (Å²) in [6.07, 6.45) is 1.29. The van der Waals surface area contributed by atoms with Gasteiger partial charge in [-0.2, -0.15) is 25.3 Å². The van der Waals surface area contributed by atoms with Gasteiger partial charge in [0.05, 0.1) is 11.5 Å². The largest absolute Gasteiger partial charge is 0.178 e. The van der Waals surface area contributed by atoms with Crippen molar-refractivity contribution in [3.63, 3.8) is 0 Å². The van der Waals surface area contributed by atoms with Crippen LogP contribution in [0.1, 0.15) is 13.3 Å². The molecule has 0 heterocycles. The zero-order valence-corrected chi connectivity index (χ0v) is 11.6. The van der Waals surface area contributed by atoms with E-state index >= 15 is 0 Å². The smallest absolute Gasteiger partial charge is 0.132 e. The minimum Gasteiger partial charge on any atom is -0.178 e. The fourth-order valence-electron chi connectivity index (χ4n) is 0.579. The average Bonchev–Trinajstić information content (AvgIpc) is 2.10. The second kappa shape index (κ2) is 10.8. The molecule has 0 aromatic carbocycles. The summed E-state index contributed by atoms with van der Waals surface area (Å²) in [6, 6.07) is 0. The molecule has 5 heteroatoms. The summed E-state index contributed by atoms with van der Waals surface area (Å²) < 4.78 is 0. The van der Waals surface area contributed by atoms with Crippen molar-refractivity contribution >= 4 is 55.8 Å². The van der Waals surface area contributed by atoms with Gasteiger partial charge < -0.3 is 0 Å². The van der Waals surface area contributed by atoms with Crippen molar-refractivity contribution in [2.24, 2.45) is 0 Å². The van der Waals surface area contributed by atoms with Crippen molar-refractivity contribution in [2.45, 2.75) is 13.3 Å². The van der Waals surface area contributed by atoms with E-state index < -0.39 is 0 Å². The van der Waals surface area contributed by atoms with Gasteiger partial charge >= 0.3 is 0 Å². The Balaban J connectivity index is 3.40. The van der Waals surface area contributed by atoms with Crippen LogP contribution in [0.2, 0.25) is 0 Å². The summed E-state index contributed by atoms with van der Waals surface area (Å²) in [7, 11) is 4.64. The molecule has 0 saturated heterocycles. The van der Waals surface area contributed by atoms with Gasteiger partial charge in [0.1, 0.15) is 36.3 Å². The van der Waals surface area contributed by atoms with Crippen LogP contribution in [0.3, 0.4) is 0 Å². The first-order valence-corrected chi connectivity index (χ1v) is 9.70. The molecule has 0 spiro atoms. The van der Waals surface area contributed by atoms with Gasteiger partial charge in [0, 0.05) is 11.5 Å². The lowest BCUT2D eigenvalue weighted by Gasteiger charge is -2.00. The maximum atomic E-state index is 4.21. The van der Waals surface area contributed by atoms with Crippen molar-refractivity contribution in [3.05, 3.63) is 0 Å². The lowest BCUT2D eigenvalue weighted by atomic mass is 10.6. The van der Waals surface area contributed by atoms with Crippen molar-refractivity contribution < 1.29 is 0 Å². The van der Waals surface area contributed by atoms with Crippen molar-refractivity contribution in [2.75, 3.05) is 28.8 Å². The Labute approximate surface area is 97.4 Å². The first kappa shape index (κ1) is 13.8. The summed E-state index contributed by atoms with van der Waals surface area (Å²) in [5, 5.41) is 0. The van der Waals surface area contributed by atoms with Crippen LogP contribution >= 0.6 is 46.8 Å². The van der Waals surface area contributed by atoms with Crippen LogP contribution < -0.4 is 0 Å². The summed E-state index contributed by atoms with van der Waals surface area (Å²) in [4.78, 5) is 0. The number of rotatable bonds is 8. The van der Waals surface area contributed by atoms with Crippen molar-refractivity contribution in [1.29, 1.82) is 0 Å². The van der Waals surface area contributed by atoms with E-state index in [-0.39, 0.29) is 0 Å². The molecule has 0 fully saturated rings. The SMILES string of the molecule is CCC[S+](SCCS)SCCS. The number of hydrogen-bond acceptors (Lipinski definition) is 4. The molecule has 12 heavy (non-hydrogen) atoms. The molecule has 0 bridgehead atoms. The van der Waals surface area contributed by atoms with Gasteiger partial charge in [0.25, 0.3) is 0 Å². The van der Waals surface area contributed by atoms with Crippen LogP contribution in [0.4, 0.5) is 0 Å². The van der Waals surface area contributed by atoms with Gasteiger partial charge in [0.2, 0.25) is 0 Å². The molecule has 0 radical (unpaired) electrons. The van der Waals surface area contributed by atoms with Crippen LogP contribution in [-0.4, -0.2) is 28.8 Å². The fourth-order valence-corrected chi connectivity index (χ4v) is 8.39. The van der Waals surface area contributed by atoms with Gasteiger partial charge in [-0.1, -0.05) is 6.92 Å². The predicted molar refractivity (Wildman–Crippen MR) is 75.1 cm³/mol. The molecule has 0 amide bonds. The fraction of sp³-hybridized carbons (Fsp3) is 1.00. The third-order valence-corrected chi connectivity index (χ3v) is 9.35. The van der Waals surface area contributed by atoms with Crippen LogP contribution in [0.25, 0.3) is 0 Å². The molecular formula is C7H17S5+. The molecule has 0 nitrogen and oxygen atoms in total. The second-order valence-corrected chi connectivity index (χ2v) is 9.76. The van der Waals surface area contributed by atoms with Crippen molar-refractivity contribution in [3.8, 4) is 0 Å². The Kier molecular flexibility index (Phi) is 12.4. The average molecular weight is 262 g/mol. The molecule has 0 N–H and O–H groups in total. The van der Waals surface area contributed by atoms with Crippen LogP contribution in [0.15, 0.2) is 0 Å². The molecule has 0 aliphatic heterocycles. The van der Waals surface area contributed by atoms with Gasteiger partial charge in [-0.05, 0) is 6.42 Å². The zero-order chi connectivity index (χ0) is 9.23. The van der Waals surface area contributed by atoms with E-state index in [1.165, 1.54) is 23.7 Å². The first-order valence-electron chi connectivity index (χ1n) is 4.04. The molecular weight excluding hydrogens is 244 g/mol. The zero-order valence-electron chi connectivity index (χ0n) is 7.36. The minimum absolute atomic E-state index is 0.511. The van der Waals surface area contributed by atoms with Gasteiger partial charge in [-0.3, -0.25) is 0 Å². The maximum absolute atomic E-state index is 4.21. The predicted octanol–water partition coefficient (Wildman–Crippen LogP) is 3.17. The summed E-state index contributed by atoms with van der Waals surface area (Å²) >= 11 is 8.43. The van der Waals surface area contributed by atoms with E-state index in [0.717, 1.165) is 11.5 Å². The summed E-state index contributed by atoms with van der Waals surface area (Å²) in [5.41, 5.74) is 0. The Morgan fingerprint density at radius 3 is 1.92 bits per heavy atom. The lowest BCUT2D eigenvalue weighted by Crippen LogP contribution is -2.00. The molecule has 0 aliphatic carbocycles. The molecule has 0 aliphatic rings. The van der Waals surface area contributed by atoms with E-state index in [1.807, 2.05) is 0 Å². The molecule has 0 aromatic heterocycles. The highest BCUT2D eigenvalue weighted by atomic mass is 33.5. The summed E-state index contributed by atoms with van der Waals surface area (Å²) in [6.45, 7) is 2.25. The molecule has 0 rings (SSSR count). The van der Waals surface area contributed by atoms with Crippen LogP contribution in [0, 0.1) is 0 Å². The van der Waals surface area contributed by atoms with E-state index in [9.17, 15) is 0 Å². The first-order chi connectivity index (χ1) is 5.85. The second-order valence-electron chi connectivity index (χ2n) is 2.10. The Morgan fingerprint density at radius 2 is 1.58 bits per heavy atom. The van der Waals surface area contributed by atoms with E-state index in [4.69, 9.17) is 0 Å².